The third-order valence-corrected chi connectivity index (χ3v) is 3.28. The summed E-state index contributed by atoms with van der Waals surface area (Å²) in [6.45, 7) is 2.87. The van der Waals surface area contributed by atoms with Crippen molar-refractivity contribution in [3.63, 3.8) is 0 Å². The Balaban J connectivity index is 1.68. The molecular weight excluding hydrogens is 274 g/mol. The molecule has 22 heavy (non-hydrogen) atoms. The van der Waals surface area contributed by atoms with E-state index in [0.29, 0.717) is 6.54 Å². The summed E-state index contributed by atoms with van der Waals surface area (Å²) in [4.78, 5) is 11.5. The fourth-order valence-corrected chi connectivity index (χ4v) is 1.98. The number of hydrogen-bond acceptors (Lipinski definition) is 2. The Kier molecular flexibility index (Phi) is 6.24. The van der Waals surface area contributed by atoms with E-state index in [1.165, 1.54) is 5.56 Å². The summed E-state index contributed by atoms with van der Waals surface area (Å²) >= 11 is 0. The molecule has 0 aliphatic carbocycles. The summed E-state index contributed by atoms with van der Waals surface area (Å²) in [5.74, 6) is 0. The van der Waals surface area contributed by atoms with Gasteiger partial charge in [0.15, 0.2) is 0 Å². The number of carbonyl (C=O) groups is 1. The van der Waals surface area contributed by atoms with Crippen molar-refractivity contribution < 1.29 is 9.53 Å². The molecule has 0 heterocycles. The van der Waals surface area contributed by atoms with Gasteiger partial charge in [-0.15, -0.1) is 0 Å². The molecule has 0 saturated heterocycles. The molecule has 3 heteroatoms. The maximum atomic E-state index is 11.5. The first-order valence-electron chi connectivity index (χ1n) is 7.48. The summed E-state index contributed by atoms with van der Waals surface area (Å²) in [5.41, 5.74) is 3.42. The van der Waals surface area contributed by atoms with Gasteiger partial charge in [-0.1, -0.05) is 73.7 Å². The van der Waals surface area contributed by atoms with Crippen LogP contribution in [0.2, 0.25) is 0 Å². The van der Waals surface area contributed by atoms with E-state index in [4.69, 9.17) is 4.74 Å². The minimum absolute atomic E-state index is 0.287. The van der Waals surface area contributed by atoms with Crippen LogP contribution in [0, 0.1) is 0 Å². The van der Waals surface area contributed by atoms with E-state index in [2.05, 4.69) is 36.5 Å². The van der Waals surface area contributed by atoms with E-state index in [0.717, 1.165) is 17.5 Å². The Morgan fingerprint density at radius 1 is 1.05 bits per heavy atom. The van der Waals surface area contributed by atoms with Gasteiger partial charge in [-0.25, -0.2) is 4.79 Å². The normalized spacial score (nSPS) is 10.6. The van der Waals surface area contributed by atoms with E-state index >= 15 is 0 Å². The summed E-state index contributed by atoms with van der Waals surface area (Å²) in [6, 6.07) is 18.0. The Morgan fingerprint density at radius 3 is 2.45 bits per heavy atom. The second-order valence-electron chi connectivity index (χ2n) is 4.94. The number of ether oxygens (including phenoxy) is 1. The molecule has 0 aliphatic rings. The van der Waals surface area contributed by atoms with Gasteiger partial charge >= 0.3 is 6.09 Å². The highest BCUT2D eigenvalue weighted by Gasteiger charge is 2.00. The van der Waals surface area contributed by atoms with Crippen LogP contribution in [0.25, 0.3) is 6.08 Å². The monoisotopic (exact) mass is 295 g/mol. The maximum absolute atomic E-state index is 11.5. The van der Waals surface area contributed by atoms with Crippen LogP contribution in [-0.4, -0.2) is 12.6 Å². The molecule has 1 N–H and O–H groups in total. The fourth-order valence-electron chi connectivity index (χ4n) is 1.98. The van der Waals surface area contributed by atoms with Crippen LogP contribution in [0.4, 0.5) is 4.79 Å². The summed E-state index contributed by atoms with van der Waals surface area (Å²) in [7, 11) is 0. The van der Waals surface area contributed by atoms with Crippen LogP contribution in [0.3, 0.4) is 0 Å². The third-order valence-electron chi connectivity index (χ3n) is 3.28. The zero-order valence-electron chi connectivity index (χ0n) is 12.8. The van der Waals surface area contributed by atoms with Crippen molar-refractivity contribution in [2.75, 3.05) is 6.54 Å². The second kappa shape index (κ2) is 8.67. The third kappa shape index (κ3) is 5.44. The first-order valence-corrected chi connectivity index (χ1v) is 7.48. The van der Waals surface area contributed by atoms with E-state index in [-0.39, 0.29) is 6.61 Å². The summed E-state index contributed by atoms with van der Waals surface area (Å²) in [6.07, 6.45) is 4.52. The van der Waals surface area contributed by atoms with Gasteiger partial charge in [0.2, 0.25) is 0 Å². The van der Waals surface area contributed by atoms with Gasteiger partial charge in [0.1, 0.15) is 6.61 Å². The predicted octanol–water partition coefficient (Wildman–Crippen LogP) is 4.19. The van der Waals surface area contributed by atoms with Crippen molar-refractivity contribution in [3.8, 4) is 0 Å². The van der Waals surface area contributed by atoms with Gasteiger partial charge in [-0.05, 0) is 23.1 Å². The van der Waals surface area contributed by atoms with Crippen molar-refractivity contribution in [2.45, 2.75) is 20.0 Å². The molecule has 0 spiro atoms. The molecular formula is C19H21NO2. The SMILES string of the molecule is CCc1ccc(C=CCNC(=O)OCc2ccccc2)cc1. The summed E-state index contributed by atoms with van der Waals surface area (Å²) in [5, 5.41) is 2.70. The lowest BCUT2D eigenvalue weighted by atomic mass is 10.1. The Labute approximate surface area is 131 Å². The second-order valence-corrected chi connectivity index (χ2v) is 4.94. The highest BCUT2D eigenvalue weighted by atomic mass is 16.5. The van der Waals surface area contributed by atoms with Gasteiger partial charge in [-0.2, -0.15) is 0 Å². The lowest BCUT2D eigenvalue weighted by Crippen LogP contribution is -2.24. The Morgan fingerprint density at radius 2 is 1.77 bits per heavy atom. The highest BCUT2D eigenvalue weighted by Crippen LogP contribution is 2.06. The number of benzene rings is 2. The van der Waals surface area contributed by atoms with Gasteiger partial charge in [0, 0.05) is 6.54 Å². The van der Waals surface area contributed by atoms with E-state index in [9.17, 15) is 4.79 Å². The molecule has 0 aliphatic heterocycles. The molecule has 0 aromatic heterocycles. The standard InChI is InChI=1S/C19H21NO2/c1-2-16-10-12-17(13-11-16)9-6-14-20-19(21)22-15-18-7-4-3-5-8-18/h3-13H,2,14-15H2,1H3,(H,20,21). The zero-order chi connectivity index (χ0) is 15.6. The molecule has 0 fully saturated rings. The molecule has 0 unspecified atom stereocenters. The summed E-state index contributed by atoms with van der Waals surface area (Å²) < 4.78 is 5.13. The maximum Gasteiger partial charge on any atom is 0.407 e. The number of hydrogen-bond donors (Lipinski definition) is 1. The molecule has 2 aromatic rings. The van der Waals surface area contributed by atoms with Crippen LogP contribution in [-0.2, 0) is 17.8 Å². The lowest BCUT2D eigenvalue weighted by molar-refractivity contribution is 0.141. The van der Waals surface area contributed by atoms with Crippen LogP contribution in [0.15, 0.2) is 60.7 Å². The average Bonchev–Trinajstić information content (AvgIpc) is 2.58. The highest BCUT2D eigenvalue weighted by molar-refractivity contribution is 5.67. The smallest absolute Gasteiger partial charge is 0.407 e. The first kappa shape index (κ1) is 15.8. The lowest BCUT2D eigenvalue weighted by Gasteiger charge is -2.05. The molecule has 114 valence electrons. The van der Waals surface area contributed by atoms with Gasteiger partial charge in [0.05, 0.1) is 0 Å². The van der Waals surface area contributed by atoms with Crippen molar-refractivity contribution in [3.05, 3.63) is 77.4 Å². The first-order chi connectivity index (χ1) is 10.8. The molecule has 3 nitrogen and oxygen atoms in total. The number of rotatable bonds is 6. The quantitative estimate of drug-likeness (QED) is 0.868. The van der Waals surface area contributed by atoms with Gasteiger partial charge in [-0.3, -0.25) is 0 Å². The van der Waals surface area contributed by atoms with Crippen LogP contribution in [0.5, 0.6) is 0 Å². The van der Waals surface area contributed by atoms with E-state index in [1.807, 2.05) is 42.5 Å². The zero-order valence-corrected chi connectivity index (χ0v) is 12.8. The van der Waals surface area contributed by atoms with E-state index in [1.54, 1.807) is 0 Å². The van der Waals surface area contributed by atoms with Crippen molar-refractivity contribution in [1.29, 1.82) is 0 Å². The Hall–Kier alpha value is -2.55. The molecule has 0 atom stereocenters. The number of alkyl carbamates (subject to hydrolysis) is 1. The number of aryl methyl sites for hydroxylation is 1. The fraction of sp³-hybridized carbons (Fsp3) is 0.211. The predicted molar refractivity (Wildman–Crippen MR) is 89.5 cm³/mol. The molecule has 2 aromatic carbocycles. The number of amides is 1. The van der Waals surface area contributed by atoms with Crippen LogP contribution < -0.4 is 5.32 Å². The minimum atomic E-state index is -0.408. The molecule has 0 saturated carbocycles. The van der Waals surface area contributed by atoms with Gasteiger partial charge in [0.25, 0.3) is 0 Å². The topological polar surface area (TPSA) is 38.3 Å². The number of carbonyl (C=O) groups excluding carboxylic acids is 1. The van der Waals surface area contributed by atoms with Crippen molar-refractivity contribution in [2.24, 2.45) is 0 Å². The molecule has 0 radical (unpaired) electrons. The molecule has 0 bridgehead atoms. The van der Waals surface area contributed by atoms with Crippen LogP contribution >= 0.6 is 0 Å². The average molecular weight is 295 g/mol. The van der Waals surface area contributed by atoms with Crippen LogP contribution in [0.1, 0.15) is 23.6 Å². The largest absolute Gasteiger partial charge is 0.445 e. The van der Waals surface area contributed by atoms with Crippen molar-refractivity contribution >= 4 is 12.2 Å². The molecule has 2 rings (SSSR count). The minimum Gasteiger partial charge on any atom is -0.445 e. The van der Waals surface area contributed by atoms with Crippen molar-refractivity contribution in [1.82, 2.24) is 5.32 Å². The Bertz CT molecular complexity index is 603. The van der Waals surface area contributed by atoms with Gasteiger partial charge < -0.3 is 10.1 Å². The number of nitrogens with one attached hydrogen (secondary N) is 1. The molecule has 1 amide bonds. The van der Waals surface area contributed by atoms with E-state index < -0.39 is 6.09 Å².